The number of amides is 1. The van der Waals surface area contributed by atoms with E-state index in [-0.39, 0.29) is 5.91 Å². The van der Waals surface area contributed by atoms with E-state index in [0.717, 1.165) is 11.3 Å². The SMILES string of the molecule is COC(=O)c1ccc(/C=N/NC(=O)c2ccc(-n3cnnn3)cc2)cc1. The van der Waals surface area contributed by atoms with Gasteiger partial charge < -0.3 is 4.74 Å². The number of esters is 1. The topological polar surface area (TPSA) is 111 Å². The van der Waals surface area contributed by atoms with Gasteiger partial charge in [0.05, 0.1) is 24.6 Å². The largest absolute Gasteiger partial charge is 0.465 e. The number of aromatic nitrogens is 4. The minimum atomic E-state index is -0.410. The highest BCUT2D eigenvalue weighted by molar-refractivity contribution is 5.95. The van der Waals surface area contributed by atoms with Gasteiger partial charge in [-0.1, -0.05) is 12.1 Å². The lowest BCUT2D eigenvalue weighted by Gasteiger charge is -2.02. The third-order valence-electron chi connectivity index (χ3n) is 3.45. The van der Waals surface area contributed by atoms with Gasteiger partial charge in [0, 0.05) is 5.56 Å². The monoisotopic (exact) mass is 350 g/mol. The minimum absolute atomic E-state index is 0.351. The van der Waals surface area contributed by atoms with Gasteiger partial charge in [0.15, 0.2) is 0 Å². The summed E-state index contributed by atoms with van der Waals surface area (Å²) in [6.45, 7) is 0. The zero-order valence-corrected chi connectivity index (χ0v) is 13.7. The molecule has 0 radical (unpaired) electrons. The first kappa shape index (κ1) is 17.0. The third-order valence-corrected chi connectivity index (χ3v) is 3.45. The first-order valence-corrected chi connectivity index (χ1v) is 7.52. The number of carbonyl (C=O) groups is 2. The standard InChI is InChI=1S/C17H14N6O3/c1-26-17(25)14-4-2-12(3-5-14)10-18-20-16(24)13-6-8-15(9-7-13)23-11-19-21-22-23/h2-11H,1H3,(H,20,24)/b18-10+. The summed E-state index contributed by atoms with van der Waals surface area (Å²) in [5.74, 6) is -0.761. The van der Waals surface area contributed by atoms with Crippen LogP contribution in [-0.2, 0) is 4.74 Å². The number of nitrogens with one attached hydrogen (secondary N) is 1. The second-order valence-electron chi connectivity index (χ2n) is 5.11. The van der Waals surface area contributed by atoms with Gasteiger partial charge in [-0.05, 0) is 52.4 Å². The number of benzene rings is 2. The Kier molecular flexibility index (Phi) is 5.08. The molecule has 9 heteroatoms. The lowest BCUT2D eigenvalue weighted by atomic mass is 10.1. The second kappa shape index (κ2) is 7.79. The average molecular weight is 350 g/mol. The highest BCUT2D eigenvalue weighted by Gasteiger charge is 2.06. The van der Waals surface area contributed by atoms with Crippen LogP contribution in [0.3, 0.4) is 0 Å². The Hall–Kier alpha value is -3.88. The van der Waals surface area contributed by atoms with Crippen molar-refractivity contribution < 1.29 is 14.3 Å². The van der Waals surface area contributed by atoms with Crippen LogP contribution in [-0.4, -0.2) is 45.4 Å². The first-order valence-electron chi connectivity index (χ1n) is 7.52. The van der Waals surface area contributed by atoms with Gasteiger partial charge >= 0.3 is 5.97 Å². The van der Waals surface area contributed by atoms with Crippen molar-refractivity contribution in [3.05, 3.63) is 71.5 Å². The van der Waals surface area contributed by atoms with E-state index in [0.29, 0.717) is 11.1 Å². The van der Waals surface area contributed by atoms with E-state index in [1.807, 2.05) is 0 Å². The van der Waals surface area contributed by atoms with Gasteiger partial charge in [-0.3, -0.25) is 4.79 Å². The molecule has 1 amide bonds. The maximum absolute atomic E-state index is 12.1. The molecule has 0 atom stereocenters. The molecule has 3 aromatic rings. The van der Waals surface area contributed by atoms with Gasteiger partial charge in [-0.25, -0.2) is 14.9 Å². The molecule has 0 fully saturated rings. The fourth-order valence-corrected chi connectivity index (χ4v) is 2.10. The minimum Gasteiger partial charge on any atom is -0.465 e. The molecule has 0 aliphatic heterocycles. The van der Waals surface area contributed by atoms with Crippen LogP contribution in [0.1, 0.15) is 26.3 Å². The molecule has 1 N–H and O–H groups in total. The van der Waals surface area contributed by atoms with Gasteiger partial charge in [-0.2, -0.15) is 5.10 Å². The number of hydrogen-bond donors (Lipinski definition) is 1. The molecule has 1 aromatic heterocycles. The van der Waals surface area contributed by atoms with Crippen LogP contribution in [0.2, 0.25) is 0 Å². The maximum atomic E-state index is 12.1. The molecule has 2 aromatic carbocycles. The second-order valence-corrected chi connectivity index (χ2v) is 5.11. The Morgan fingerprint density at radius 1 is 1.08 bits per heavy atom. The Balaban J connectivity index is 1.59. The highest BCUT2D eigenvalue weighted by Crippen LogP contribution is 2.08. The van der Waals surface area contributed by atoms with Crippen LogP contribution in [0.4, 0.5) is 0 Å². The normalized spacial score (nSPS) is 10.7. The van der Waals surface area contributed by atoms with Crippen molar-refractivity contribution in [2.75, 3.05) is 7.11 Å². The molecule has 9 nitrogen and oxygen atoms in total. The number of hydrogen-bond acceptors (Lipinski definition) is 7. The summed E-state index contributed by atoms with van der Waals surface area (Å²) in [7, 11) is 1.32. The maximum Gasteiger partial charge on any atom is 0.337 e. The summed E-state index contributed by atoms with van der Waals surface area (Å²) in [5, 5.41) is 14.8. The fraction of sp³-hybridized carbons (Fsp3) is 0.0588. The summed E-state index contributed by atoms with van der Waals surface area (Å²) >= 11 is 0. The van der Waals surface area contributed by atoms with Crippen molar-refractivity contribution in [3.8, 4) is 5.69 Å². The summed E-state index contributed by atoms with van der Waals surface area (Å²) < 4.78 is 6.11. The number of nitrogens with zero attached hydrogens (tertiary/aromatic N) is 5. The van der Waals surface area contributed by atoms with Gasteiger partial charge in [0.1, 0.15) is 6.33 Å². The molecule has 0 bridgehead atoms. The van der Waals surface area contributed by atoms with Crippen molar-refractivity contribution in [1.29, 1.82) is 0 Å². The van der Waals surface area contributed by atoms with Crippen LogP contribution in [0.5, 0.6) is 0 Å². The Morgan fingerprint density at radius 3 is 2.38 bits per heavy atom. The average Bonchev–Trinajstić information content (AvgIpc) is 3.23. The molecule has 0 aliphatic rings. The van der Waals surface area contributed by atoms with Crippen LogP contribution < -0.4 is 5.43 Å². The number of ether oxygens (including phenoxy) is 1. The molecular formula is C17H14N6O3. The van der Waals surface area contributed by atoms with E-state index < -0.39 is 5.97 Å². The van der Waals surface area contributed by atoms with Crippen molar-refractivity contribution >= 4 is 18.1 Å². The number of tetrazole rings is 1. The van der Waals surface area contributed by atoms with Crippen LogP contribution in [0.25, 0.3) is 5.69 Å². The Morgan fingerprint density at radius 2 is 1.77 bits per heavy atom. The van der Waals surface area contributed by atoms with E-state index in [4.69, 9.17) is 0 Å². The van der Waals surface area contributed by atoms with Gasteiger partial charge in [-0.15, -0.1) is 5.10 Å². The summed E-state index contributed by atoms with van der Waals surface area (Å²) in [6, 6.07) is 13.4. The lowest BCUT2D eigenvalue weighted by Crippen LogP contribution is -2.17. The van der Waals surface area contributed by atoms with E-state index in [9.17, 15) is 9.59 Å². The molecule has 0 aliphatic carbocycles. The van der Waals surface area contributed by atoms with E-state index in [1.165, 1.54) is 24.3 Å². The van der Waals surface area contributed by atoms with E-state index in [1.54, 1.807) is 48.5 Å². The molecule has 1 heterocycles. The lowest BCUT2D eigenvalue weighted by molar-refractivity contribution is 0.0600. The van der Waals surface area contributed by atoms with Gasteiger partial charge in [0.25, 0.3) is 5.91 Å². The quantitative estimate of drug-likeness (QED) is 0.421. The zero-order valence-electron chi connectivity index (χ0n) is 13.7. The summed E-state index contributed by atoms with van der Waals surface area (Å²) in [4.78, 5) is 23.4. The van der Waals surface area contributed by atoms with Crippen LogP contribution >= 0.6 is 0 Å². The number of hydrazone groups is 1. The number of methoxy groups -OCH3 is 1. The van der Waals surface area contributed by atoms with E-state index >= 15 is 0 Å². The fourth-order valence-electron chi connectivity index (χ4n) is 2.10. The molecule has 0 saturated heterocycles. The predicted octanol–water partition coefficient (Wildman–Crippen LogP) is 1.21. The summed E-state index contributed by atoms with van der Waals surface area (Å²) in [5.41, 5.74) is 4.79. The van der Waals surface area contributed by atoms with Gasteiger partial charge in [0.2, 0.25) is 0 Å². The molecule has 0 unspecified atom stereocenters. The predicted molar refractivity (Wildman–Crippen MR) is 92.0 cm³/mol. The highest BCUT2D eigenvalue weighted by atomic mass is 16.5. The third kappa shape index (κ3) is 3.96. The number of carbonyl (C=O) groups excluding carboxylic acids is 2. The summed E-state index contributed by atoms with van der Waals surface area (Å²) in [6.07, 6.45) is 2.94. The van der Waals surface area contributed by atoms with E-state index in [2.05, 4.69) is 30.8 Å². The molecule has 0 saturated carbocycles. The molecule has 26 heavy (non-hydrogen) atoms. The van der Waals surface area contributed by atoms with Crippen molar-refractivity contribution in [2.24, 2.45) is 5.10 Å². The van der Waals surface area contributed by atoms with Crippen LogP contribution in [0.15, 0.2) is 60.0 Å². The van der Waals surface area contributed by atoms with Crippen molar-refractivity contribution in [2.45, 2.75) is 0 Å². The zero-order chi connectivity index (χ0) is 18.4. The smallest absolute Gasteiger partial charge is 0.337 e. The Labute approximate surface area is 148 Å². The first-order chi connectivity index (χ1) is 12.7. The molecule has 130 valence electrons. The van der Waals surface area contributed by atoms with Crippen molar-refractivity contribution in [3.63, 3.8) is 0 Å². The Bertz CT molecular complexity index is 918. The van der Waals surface area contributed by atoms with Crippen LogP contribution in [0, 0.1) is 0 Å². The molecule has 0 spiro atoms. The molecular weight excluding hydrogens is 336 g/mol. The number of rotatable bonds is 5. The van der Waals surface area contributed by atoms with Crippen molar-refractivity contribution in [1.82, 2.24) is 25.6 Å². The molecule has 3 rings (SSSR count).